The van der Waals surface area contributed by atoms with Crippen molar-refractivity contribution in [1.82, 2.24) is 10.6 Å². The summed E-state index contributed by atoms with van der Waals surface area (Å²) in [6.45, 7) is 2.18. The van der Waals surface area contributed by atoms with E-state index in [1.54, 1.807) is 11.8 Å². The van der Waals surface area contributed by atoms with Gasteiger partial charge >= 0.3 is 12.1 Å². The number of carboxylic acids is 1. The van der Waals surface area contributed by atoms with Gasteiger partial charge < -0.3 is 20.5 Å². The quantitative estimate of drug-likeness (QED) is 0.367. The number of fused-ring (bicyclic) bond motifs is 3. The number of alkyl carbamates (subject to hydrolysis) is 1. The molecule has 2 atom stereocenters. The van der Waals surface area contributed by atoms with Crippen LogP contribution in [0.15, 0.2) is 48.5 Å². The van der Waals surface area contributed by atoms with E-state index in [-0.39, 0.29) is 24.9 Å². The lowest BCUT2D eigenvalue weighted by molar-refractivity contribution is -0.137. The standard InChI is InChI=1S/C27H34N2O5S/c1-3-4-9-18(16-25(30)31)28-26(32)24(14-15-35-2)29-27(33)34-17-23-21-12-7-5-10-19(21)20-11-6-8-13-22(20)23/h5-8,10-13,18,23-24H,3-4,9,14-17H2,1-2H3,(H,28,32)(H,29,33)(H,30,31). The van der Waals surface area contributed by atoms with Gasteiger partial charge in [-0.15, -0.1) is 0 Å². The molecule has 0 saturated heterocycles. The van der Waals surface area contributed by atoms with Crippen molar-refractivity contribution >= 4 is 29.7 Å². The van der Waals surface area contributed by atoms with E-state index in [2.05, 4.69) is 34.9 Å². The number of carboxylic acid groups (broad SMARTS) is 1. The van der Waals surface area contributed by atoms with Gasteiger partial charge in [-0.3, -0.25) is 9.59 Å². The summed E-state index contributed by atoms with van der Waals surface area (Å²) in [5, 5.41) is 14.7. The first-order chi connectivity index (χ1) is 16.9. The van der Waals surface area contributed by atoms with Crippen LogP contribution < -0.4 is 10.6 Å². The van der Waals surface area contributed by atoms with Crippen LogP contribution in [0.1, 0.15) is 56.1 Å². The number of benzene rings is 2. The van der Waals surface area contributed by atoms with Gasteiger partial charge in [0.25, 0.3) is 0 Å². The molecule has 1 aliphatic carbocycles. The number of carbonyl (C=O) groups excluding carboxylic acids is 2. The predicted molar refractivity (Wildman–Crippen MR) is 139 cm³/mol. The Kier molecular flexibility index (Phi) is 10.0. The van der Waals surface area contributed by atoms with Gasteiger partial charge in [0.1, 0.15) is 12.6 Å². The Labute approximate surface area is 211 Å². The number of thioether (sulfide) groups is 1. The second-order valence-electron chi connectivity index (χ2n) is 8.75. The van der Waals surface area contributed by atoms with Crippen LogP contribution in [0.4, 0.5) is 4.79 Å². The second-order valence-corrected chi connectivity index (χ2v) is 9.74. The molecule has 35 heavy (non-hydrogen) atoms. The lowest BCUT2D eigenvalue weighted by Crippen LogP contribution is -2.50. The van der Waals surface area contributed by atoms with E-state index in [9.17, 15) is 19.5 Å². The van der Waals surface area contributed by atoms with E-state index in [4.69, 9.17) is 4.74 Å². The van der Waals surface area contributed by atoms with Gasteiger partial charge in [0.2, 0.25) is 5.91 Å². The molecule has 1 aliphatic rings. The fraction of sp³-hybridized carbons (Fsp3) is 0.444. The Morgan fingerprint density at radius 3 is 2.20 bits per heavy atom. The molecule has 2 amide bonds. The highest BCUT2D eigenvalue weighted by Crippen LogP contribution is 2.44. The molecule has 0 aromatic heterocycles. The molecular weight excluding hydrogens is 464 g/mol. The Bertz CT molecular complexity index is 983. The molecule has 0 spiro atoms. The third-order valence-corrected chi connectivity index (χ3v) is 6.88. The highest BCUT2D eigenvalue weighted by Gasteiger charge is 2.30. The Morgan fingerprint density at radius 1 is 1.00 bits per heavy atom. The number of amides is 2. The number of hydrogen-bond donors (Lipinski definition) is 3. The van der Waals surface area contributed by atoms with Crippen molar-refractivity contribution in [3.8, 4) is 11.1 Å². The molecule has 3 N–H and O–H groups in total. The Hall–Kier alpha value is -3.00. The first kappa shape index (κ1) is 26.6. The number of nitrogens with one attached hydrogen (secondary N) is 2. The molecule has 0 radical (unpaired) electrons. The van der Waals surface area contributed by atoms with Gasteiger partial charge in [0.15, 0.2) is 0 Å². The zero-order valence-corrected chi connectivity index (χ0v) is 21.1. The predicted octanol–water partition coefficient (Wildman–Crippen LogP) is 4.80. The first-order valence-electron chi connectivity index (χ1n) is 12.1. The van der Waals surface area contributed by atoms with Gasteiger partial charge in [-0.25, -0.2) is 4.79 Å². The summed E-state index contributed by atoms with van der Waals surface area (Å²) < 4.78 is 5.60. The largest absolute Gasteiger partial charge is 0.481 e. The maximum absolute atomic E-state index is 12.9. The zero-order chi connectivity index (χ0) is 25.2. The van der Waals surface area contributed by atoms with Crippen molar-refractivity contribution < 1.29 is 24.2 Å². The van der Waals surface area contributed by atoms with Crippen LogP contribution in [-0.4, -0.2) is 53.8 Å². The van der Waals surface area contributed by atoms with Crippen molar-refractivity contribution in [3.63, 3.8) is 0 Å². The normalized spacial score (nSPS) is 13.9. The smallest absolute Gasteiger partial charge is 0.407 e. The number of hydrogen-bond acceptors (Lipinski definition) is 5. The number of rotatable bonds is 13. The average Bonchev–Trinajstić information content (AvgIpc) is 3.17. The van der Waals surface area contributed by atoms with E-state index in [1.165, 1.54) is 0 Å². The molecule has 2 aromatic rings. The van der Waals surface area contributed by atoms with Crippen LogP contribution in [0.2, 0.25) is 0 Å². The summed E-state index contributed by atoms with van der Waals surface area (Å²) in [5.74, 6) is -0.743. The third kappa shape index (κ3) is 7.24. The van der Waals surface area contributed by atoms with E-state index < -0.39 is 24.1 Å². The maximum Gasteiger partial charge on any atom is 0.407 e. The highest BCUT2D eigenvalue weighted by atomic mass is 32.2. The van der Waals surface area contributed by atoms with Crippen LogP contribution in [0.5, 0.6) is 0 Å². The Morgan fingerprint density at radius 2 is 1.63 bits per heavy atom. The summed E-state index contributed by atoms with van der Waals surface area (Å²) in [7, 11) is 0. The second kappa shape index (κ2) is 13.2. The van der Waals surface area contributed by atoms with Crippen molar-refractivity contribution in [2.75, 3.05) is 18.6 Å². The maximum atomic E-state index is 12.9. The number of unbranched alkanes of at least 4 members (excludes halogenated alkanes) is 1. The van der Waals surface area contributed by atoms with Crippen molar-refractivity contribution in [1.29, 1.82) is 0 Å². The molecule has 0 saturated carbocycles. The fourth-order valence-corrected chi connectivity index (χ4v) is 4.95. The van der Waals surface area contributed by atoms with Crippen LogP contribution >= 0.6 is 11.8 Å². The van der Waals surface area contributed by atoms with E-state index in [1.807, 2.05) is 37.4 Å². The van der Waals surface area contributed by atoms with Gasteiger partial charge in [-0.2, -0.15) is 11.8 Å². The summed E-state index contributed by atoms with van der Waals surface area (Å²) in [6.07, 6.45) is 3.84. The molecule has 0 bridgehead atoms. The average molecular weight is 499 g/mol. The summed E-state index contributed by atoms with van der Waals surface area (Å²) in [6, 6.07) is 14.9. The lowest BCUT2D eigenvalue weighted by atomic mass is 9.98. The minimum absolute atomic E-state index is 0.0689. The molecule has 0 heterocycles. The molecule has 3 rings (SSSR count). The van der Waals surface area contributed by atoms with Gasteiger partial charge in [0, 0.05) is 12.0 Å². The number of ether oxygens (including phenoxy) is 1. The summed E-state index contributed by atoms with van der Waals surface area (Å²) in [4.78, 5) is 36.9. The van der Waals surface area contributed by atoms with Crippen LogP contribution in [0, 0.1) is 0 Å². The SMILES string of the molecule is CCCCC(CC(=O)O)NC(=O)C(CCSC)NC(=O)OCC1c2ccccc2-c2ccccc21. The highest BCUT2D eigenvalue weighted by molar-refractivity contribution is 7.98. The molecule has 2 unspecified atom stereocenters. The Balaban J connectivity index is 1.63. The van der Waals surface area contributed by atoms with Gasteiger partial charge in [-0.05, 0) is 47.1 Å². The minimum atomic E-state index is -0.962. The number of aliphatic carboxylic acids is 1. The zero-order valence-electron chi connectivity index (χ0n) is 20.3. The molecule has 188 valence electrons. The minimum Gasteiger partial charge on any atom is -0.481 e. The van der Waals surface area contributed by atoms with Crippen LogP contribution in [-0.2, 0) is 14.3 Å². The van der Waals surface area contributed by atoms with Crippen molar-refractivity contribution in [2.24, 2.45) is 0 Å². The van der Waals surface area contributed by atoms with Crippen molar-refractivity contribution in [3.05, 3.63) is 59.7 Å². The summed E-state index contributed by atoms with van der Waals surface area (Å²) >= 11 is 1.57. The fourth-order valence-electron chi connectivity index (χ4n) is 4.48. The third-order valence-electron chi connectivity index (χ3n) is 6.24. The first-order valence-corrected chi connectivity index (χ1v) is 13.5. The monoisotopic (exact) mass is 498 g/mol. The van der Waals surface area contributed by atoms with E-state index in [0.717, 1.165) is 35.1 Å². The molecule has 2 aromatic carbocycles. The van der Waals surface area contributed by atoms with E-state index in [0.29, 0.717) is 18.6 Å². The molecule has 7 nitrogen and oxygen atoms in total. The van der Waals surface area contributed by atoms with Crippen LogP contribution in [0.25, 0.3) is 11.1 Å². The molecule has 0 aliphatic heterocycles. The number of carbonyl (C=O) groups is 3. The van der Waals surface area contributed by atoms with E-state index >= 15 is 0 Å². The lowest BCUT2D eigenvalue weighted by Gasteiger charge is -2.23. The molecule has 8 heteroatoms. The van der Waals surface area contributed by atoms with Crippen molar-refractivity contribution in [2.45, 2.75) is 57.0 Å². The molecule has 0 fully saturated rings. The van der Waals surface area contributed by atoms with Crippen LogP contribution in [0.3, 0.4) is 0 Å². The molecular formula is C27H34N2O5S. The summed E-state index contributed by atoms with van der Waals surface area (Å²) in [5.41, 5.74) is 4.52. The van der Waals surface area contributed by atoms with Gasteiger partial charge in [0.05, 0.1) is 6.42 Å². The van der Waals surface area contributed by atoms with Gasteiger partial charge in [-0.1, -0.05) is 68.3 Å². The topological polar surface area (TPSA) is 105 Å².